The lowest BCUT2D eigenvalue weighted by molar-refractivity contribution is 0.556. The van der Waals surface area contributed by atoms with Gasteiger partial charge in [0.1, 0.15) is 11.3 Å². The molecule has 0 saturated carbocycles. The topological polar surface area (TPSA) is 13.1 Å². The van der Waals surface area contributed by atoms with E-state index in [-0.39, 0.29) is 0 Å². The molecule has 72 valence electrons. The molecule has 1 aromatic carbocycles. The molecule has 1 nitrogen and oxygen atoms in total. The number of rotatable bonds is 2. The standard InChI is InChI=1S/C13H14O/c1-3-7-10-11-8-5-6-9-13(11)14-12(10)4-2/h3,5-9H,4H2,1-2H3/b7-3-. The molecular formula is C13H14O. The largest absolute Gasteiger partial charge is 0.460 e. The van der Waals surface area contributed by atoms with Crippen molar-refractivity contribution in [3.63, 3.8) is 0 Å². The molecule has 0 aliphatic heterocycles. The summed E-state index contributed by atoms with van der Waals surface area (Å²) in [4.78, 5) is 0. The van der Waals surface area contributed by atoms with Crippen LogP contribution in [0.5, 0.6) is 0 Å². The Labute approximate surface area is 84.0 Å². The highest BCUT2D eigenvalue weighted by Crippen LogP contribution is 2.27. The Morgan fingerprint density at radius 3 is 2.79 bits per heavy atom. The number of para-hydroxylation sites is 1. The van der Waals surface area contributed by atoms with Gasteiger partial charge in [0.05, 0.1) is 0 Å². The van der Waals surface area contributed by atoms with Crippen LogP contribution in [0.2, 0.25) is 0 Å². The monoisotopic (exact) mass is 186 g/mol. The van der Waals surface area contributed by atoms with Gasteiger partial charge in [0.25, 0.3) is 0 Å². The molecule has 14 heavy (non-hydrogen) atoms. The van der Waals surface area contributed by atoms with Gasteiger partial charge in [0.15, 0.2) is 0 Å². The van der Waals surface area contributed by atoms with Crippen molar-refractivity contribution in [3.8, 4) is 0 Å². The van der Waals surface area contributed by atoms with Gasteiger partial charge in [-0.15, -0.1) is 0 Å². The summed E-state index contributed by atoms with van der Waals surface area (Å²) in [6, 6.07) is 8.17. The van der Waals surface area contributed by atoms with Gasteiger partial charge < -0.3 is 4.42 Å². The van der Waals surface area contributed by atoms with Crippen molar-refractivity contribution in [3.05, 3.63) is 41.7 Å². The second kappa shape index (κ2) is 3.70. The normalized spacial score (nSPS) is 11.6. The summed E-state index contributed by atoms with van der Waals surface area (Å²) in [7, 11) is 0. The number of furan rings is 1. The van der Waals surface area contributed by atoms with Crippen molar-refractivity contribution in [2.24, 2.45) is 0 Å². The van der Waals surface area contributed by atoms with Gasteiger partial charge in [-0.25, -0.2) is 0 Å². The molecule has 2 aromatic rings. The molecule has 0 fully saturated rings. The lowest BCUT2D eigenvalue weighted by atomic mass is 10.1. The second-order valence-corrected chi connectivity index (χ2v) is 3.29. The van der Waals surface area contributed by atoms with Crippen molar-refractivity contribution < 1.29 is 4.42 Å². The highest BCUT2D eigenvalue weighted by atomic mass is 16.3. The number of aryl methyl sites for hydroxylation is 1. The summed E-state index contributed by atoms with van der Waals surface area (Å²) in [6.45, 7) is 4.14. The minimum Gasteiger partial charge on any atom is -0.460 e. The average molecular weight is 186 g/mol. The van der Waals surface area contributed by atoms with E-state index in [1.807, 2.05) is 25.1 Å². The zero-order valence-corrected chi connectivity index (χ0v) is 8.58. The first-order valence-corrected chi connectivity index (χ1v) is 5.00. The van der Waals surface area contributed by atoms with Crippen LogP contribution < -0.4 is 0 Å². The summed E-state index contributed by atoms with van der Waals surface area (Å²) in [5, 5.41) is 1.21. The molecule has 0 saturated heterocycles. The van der Waals surface area contributed by atoms with Gasteiger partial charge >= 0.3 is 0 Å². The fourth-order valence-corrected chi connectivity index (χ4v) is 1.73. The van der Waals surface area contributed by atoms with E-state index in [0.29, 0.717) is 0 Å². The van der Waals surface area contributed by atoms with Crippen LogP contribution in [-0.2, 0) is 6.42 Å². The average Bonchev–Trinajstić information content (AvgIpc) is 2.58. The number of benzene rings is 1. The molecule has 0 atom stereocenters. The zero-order valence-electron chi connectivity index (χ0n) is 8.58. The number of hydrogen-bond donors (Lipinski definition) is 0. The Kier molecular flexibility index (Phi) is 2.40. The van der Waals surface area contributed by atoms with Gasteiger partial charge in [-0.2, -0.15) is 0 Å². The van der Waals surface area contributed by atoms with Crippen molar-refractivity contribution in [1.82, 2.24) is 0 Å². The van der Waals surface area contributed by atoms with Crippen LogP contribution in [-0.4, -0.2) is 0 Å². The van der Waals surface area contributed by atoms with E-state index in [1.165, 1.54) is 10.9 Å². The molecule has 0 aliphatic rings. The molecule has 0 unspecified atom stereocenters. The van der Waals surface area contributed by atoms with Crippen LogP contribution in [0.3, 0.4) is 0 Å². The van der Waals surface area contributed by atoms with Crippen molar-refractivity contribution in [2.75, 3.05) is 0 Å². The Bertz CT molecular complexity index is 463. The first-order chi connectivity index (χ1) is 6.86. The number of hydrogen-bond acceptors (Lipinski definition) is 1. The van der Waals surface area contributed by atoms with Crippen LogP contribution in [0.25, 0.3) is 17.0 Å². The summed E-state index contributed by atoms with van der Waals surface area (Å²) in [6.07, 6.45) is 5.11. The molecule has 0 aliphatic carbocycles. The molecule has 0 radical (unpaired) electrons. The molecule has 0 amide bonds. The van der Waals surface area contributed by atoms with Crippen LogP contribution in [0.15, 0.2) is 34.8 Å². The van der Waals surface area contributed by atoms with E-state index in [4.69, 9.17) is 4.42 Å². The molecule has 0 spiro atoms. The Balaban J connectivity index is 2.74. The summed E-state index contributed by atoms with van der Waals surface area (Å²) < 4.78 is 5.75. The maximum atomic E-state index is 5.75. The summed E-state index contributed by atoms with van der Waals surface area (Å²) in [5.41, 5.74) is 2.21. The first kappa shape index (κ1) is 9.07. The minimum absolute atomic E-state index is 0.939. The predicted molar refractivity (Wildman–Crippen MR) is 60.3 cm³/mol. The highest BCUT2D eigenvalue weighted by Gasteiger charge is 2.08. The Morgan fingerprint density at radius 2 is 2.07 bits per heavy atom. The Hall–Kier alpha value is -1.50. The molecule has 2 rings (SSSR count). The smallest absolute Gasteiger partial charge is 0.134 e. The summed E-state index contributed by atoms with van der Waals surface area (Å²) in [5.74, 6) is 1.07. The quantitative estimate of drug-likeness (QED) is 0.690. The van der Waals surface area contributed by atoms with Crippen molar-refractivity contribution in [2.45, 2.75) is 20.3 Å². The lowest BCUT2D eigenvalue weighted by Crippen LogP contribution is -1.78. The third kappa shape index (κ3) is 1.35. The third-order valence-electron chi connectivity index (χ3n) is 2.37. The second-order valence-electron chi connectivity index (χ2n) is 3.29. The SMILES string of the molecule is C/C=C\c1c(CC)oc2ccccc12. The zero-order chi connectivity index (χ0) is 9.97. The van der Waals surface area contributed by atoms with Crippen LogP contribution in [0, 0.1) is 0 Å². The van der Waals surface area contributed by atoms with Gasteiger partial charge in [0, 0.05) is 17.4 Å². The Morgan fingerprint density at radius 1 is 1.29 bits per heavy atom. The highest BCUT2D eigenvalue weighted by molar-refractivity contribution is 5.88. The third-order valence-corrected chi connectivity index (χ3v) is 2.37. The van der Waals surface area contributed by atoms with Crippen LogP contribution in [0.1, 0.15) is 25.2 Å². The van der Waals surface area contributed by atoms with Crippen LogP contribution in [0.4, 0.5) is 0 Å². The molecule has 1 heteroatoms. The van der Waals surface area contributed by atoms with Crippen molar-refractivity contribution >= 4 is 17.0 Å². The molecular weight excluding hydrogens is 172 g/mol. The van der Waals surface area contributed by atoms with Gasteiger partial charge in [0.2, 0.25) is 0 Å². The van der Waals surface area contributed by atoms with E-state index in [1.54, 1.807) is 0 Å². The summed E-state index contributed by atoms with van der Waals surface area (Å²) >= 11 is 0. The van der Waals surface area contributed by atoms with E-state index < -0.39 is 0 Å². The molecule has 1 aromatic heterocycles. The maximum Gasteiger partial charge on any atom is 0.134 e. The van der Waals surface area contributed by atoms with E-state index in [0.717, 1.165) is 17.8 Å². The predicted octanol–water partition coefficient (Wildman–Crippen LogP) is 4.03. The van der Waals surface area contributed by atoms with Gasteiger partial charge in [-0.3, -0.25) is 0 Å². The molecule has 0 bridgehead atoms. The fraction of sp³-hybridized carbons (Fsp3) is 0.231. The molecule has 0 N–H and O–H groups in total. The lowest BCUT2D eigenvalue weighted by Gasteiger charge is -1.91. The number of allylic oxidation sites excluding steroid dienone is 1. The maximum absolute atomic E-state index is 5.75. The van der Waals surface area contributed by atoms with E-state index >= 15 is 0 Å². The molecule has 1 heterocycles. The van der Waals surface area contributed by atoms with E-state index in [2.05, 4.69) is 25.1 Å². The first-order valence-electron chi connectivity index (χ1n) is 5.00. The number of fused-ring (bicyclic) bond motifs is 1. The van der Waals surface area contributed by atoms with Gasteiger partial charge in [-0.1, -0.05) is 37.3 Å². The minimum atomic E-state index is 0.939. The fourth-order valence-electron chi connectivity index (χ4n) is 1.73. The van der Waals surface area contributed by atoms with E-state index in [9.17, 15) is 0 Å². The van der Waals surface area contributed by atoms with Crippen LogP contribution >= 0.6 is 0 Å². The van der Waals surface area contributed by atoms with Crippen molar-refractivity contribution in [1.29, 1.82) is 0 Å². The van der Waals surface area contributed by atoms with Gasteiger partial charge in [-0.05, 0) is 13.0 Å².